The van der Waals surface area contributed by atoms with E-state index in [0.29, 0.717) is 5.56 Å². The third-order valence-electron chi connectivity index (χ3n) is 2.53. The Bertz CT molecular complexity index is 545. The van der Waals surface area contributed by atoms with Crippen molar-refractivity contribution in [2.75, 3.05) is 0 Å². The SMILES string of the molecule is CC(N)c1cc2c(cnn2C)cc1C#N. The monoisotopic (exact) mass is 200 g/mol. The summed E-state index contributed by atoms with van der Waals surface area (Å²) in [5, 5.41) is 14.1. The van der Waals surface area contributed by atoms with Gasteiger partial charge in [0.15, 0.2) is 0 Å². The zero-order valence-corrected chi connectivity index (χ0v) is 8.73. The van der Waals surface area contributed by atoms with Crippen molar-refractivity contribution in [3.8, 4) is 6.07 Å². The second-order valence-corrected chi connectivity index (χ2v) is 3.67. The van der Waals surface area contributed by atoms with Gasteiger partial charge in [0, 0.05) is 18.5 Å². The van der Waals surface area contributed by atoms with Crippen molar-refractivity contribution in [2.45, 2.75) is 13.0 Å². The van der Waals surface area contributed by atoms with Crippen LogP contribution in [0, 0.1) is 11.3 Å². The molecule has 15 heavy (non-hydrogen) atoms. The highest BCUT2D eigenvalue weighted by Gasteiger charge is 2.10. The van der Waals surface area contributed by atoms with Gasteiger partial charge in [-0.15, -0.1) is 0 Å². The van der Waals surface area contributed by atoms with E-state index in [2.05, 4.69) is 11.2 Å². The molecular weight excluding hydrogens is 188 g/mol. The second-order valence-electron chi connectivity index (χ2n) is 3.67. The van der Waals surface area contributed by atoms with Crippen LogP contribution >= 0.6 is 0 Å². The predicted molar refractivity (Wildman–Crippen MR) is 58.0 cm³/mol. The van der Waals surface area contributed by atoms with Crippen LogP contribution < -0.4 is 5.73 Å². The van der Waals surface area contributed by atoms with Gasteiger partial charge in [0.1, 0.15) is 0 Å². The smallest absolute Gasteiger partial charge is 0.0995 e. The van der Waals surface area contributed by atoms with Crippen LogP contribution in [0.1, 0.15) is 24.1 Å². The summed E-state index contributed by atoms with van der Waals surface area (Å²) < 4.78 is 1.78. The van der Waals surface area contributed by atoms with Gasteiger partial charge < -0.3 is 5.73 Å². The van der Waals surface area contributed by atoms with Crippen molar-refractivity contribution in [3.05, 3.63) is 29.5 Å². The van der Waals surface area contributed by atoms with Crippen molar-refractivity contribution in [1.82, 2.24) is 9.78 Å². The molecule has 0 aliphatic carbocycles. The fourth-order valence-corrected chi connectivity index (χ4v) is 1.69. The molecule has 0 fully saturated rings. The summed E-state index contributed by atoms with van der Waals surface area (Å²) in [6.45, 7) is 1.87. The summed E-state index contributed by atoms with van der Waals surface area (Å²) in [7, 11) is 1.87. The van der Waals surface area contributed by atoms with E-state index in [0.717, 1.165) is 16.5 Å². The zero-order chi connectivity index (χ0) is 11.0. The maximum Gasteiger partial charge on any atom is 0.0995 e. The lowest BCUT2D eigenvalue weighted by atomic mass is 10.0. The fraction of sp³-hybridized carbons (Fsp3) is 0.273. The normalized spacial score (nSPS) is 12.7. The van der Waals surface area contributed by atoms with Crippen LogP contribution in [0.4, 0.5) is 0 Å². The van der Waals surface area contributed by atoms with E-state index in [1.165, 1.54) is 0 Å². The molecule has 0 aliphatic rings. The van der Waals surface area contributed by atoms with Crippen LogP contribution in [0.2, 0.25) is 0 Å². The minimum Gasteiger partial charge on any atom is -0.324 e. The van der Waals surface area contributed by atoms with E-state index in [4.69, 9.17) is 11.0 Å². The van der Waals surface area contributed by atoms with Gasteiger partial charge in [0.2, 0.25) is 0 Å². The van der Waals surface area contributed by atoms with Gasteiger partial charge in [-0.1, -0.05) is 0 Å². The van der Waals surface area contributed by atoms with Gasteiger partial charge in [0.05, 0.1) is 23.3 Å². The molecule has 0 radical (unpaired) electrons. The Labute approximate surface area is 87.9 Å². The molecule has 76 valence electrons. The number of hydrogen-bond acceptors (Lipinski definition) is 3. The second kappa shape index (κ2) is 3.37. The van der Waals surface area contributed by atoms with Crippen molar-refractivity contribution >= 4 is 10.9 Å². The number of nitrogens with zero attached hydrogens (tertiary/aromatic N) is 3. The quantitative estimate of drug-likeness (QED) is 0.757. The topological polar surface area (TPSA) is 67.6 Å². The molecule has 1 atom stereocenters. The molecule has 4 heteroatoms. The van der Waals surface area contributed by atoms with Gasteiger partial charge in [-0.25, -0.2) is 0 Å². The van der Waals surface area contributed by atoms with Crippen molar-refractivity contribution in [1.29, 1.82) is 5.26 Å². The molecule has 4 nitrogen and oxygen atoms in total. The van der Waals surface area contributed by atoms with Gasteiger partial charge >= 0.3 is 0 Å². The first-order chi connectivity index (χ1) is 7.13. The van der Waals surface area contributed by atoms with E-state index >= 15 is 0 Å². The number of rotatable bonds is 1. The number of hydrogen-bond donors (Lipinski definition) is 1. The summed E-state index contributed by atoms with van der Waals surface area (Å²) in [5.74, 6) is 0. The molecule has 1 aromatic carbocycles. The van der Waals surface area contributed by atoms with E-state index in [1.54, 1.807) is 10.9 Å². The Morgan fingerprint density at radius 3 is 2.87 bits per heavy atom. The van der Waals surface area contributed by atoms with E-state index < -0.39 is 0 Å². The molecule has 0 saturated carbocycles. The minimum absolute atomic E-state index is 0.140. The molecular formula is C11H12N4. The summed E-state index contributed by atoms with van der Waals surface area (Å²) in [6.07, 6.45) is 1.75. The van der Waals surface area contributed by atoms with Crippen LogP contribution in [-0.4, -0.2) is 9.78 Å². The van der Waals surface area contributed by atoms with E-state index in [1.807, 2.05) is 26.1 Å². The minimum atomic E-state index is -0.140. The molecule has 0 amide bonds. The highest BCUT2D eigenvalue weighted by atomic mass is 15.2. The maximum atomic E-state index is 9.00. The van der Waals surface area contributed by atoms with Gasteiger partial charge in [-0.2, -0.15) is 10.4 Å². The first kappa shape index (κ1) is 9.69. The third kappa shape index (κ3) is 1.47. The average molecular weight is 200 g/mol. The van der Waals surface area contributed by atoms with Crippen molar-refractivity contribution in [2.24, 2.45) is 12.8 Å². The van der Waals surface area contributed by atoms with Gasteiger partial charge in [0.25, 0.3) is 0 Å². The molecule has 1 heterocycles. The number of aryl methyl sites for hydroxylation is 1. The number of nitrogens with two attached hydrogens (primary N) is 1. The van der Waals surface area contributed by atoms with Crippen LogP contribution in [0.25, 0.3) is 10.9 Å². The molecule has 2 N–H and O–H groups in total. The zero-order valence-electron chi connectivity index (χ0n) is 8.73. The number of benzene rings is 1. The summed E-state index contributed by atoms with van der Waals surface area (Å²) in [4.78, 5) is 0. The molecule has 1 unspecified atom stereocenters. The highest BCUT2D eigenvalue weighted by Crippen LogP contribution is 2.22. The lowest BCUT2D eigenvalue weighted by molar-refractivity contribution is 0.789. The van der Waals surface area contributed by atoms with Crippen molar-refractivity contribution < 1.29 is 0 Å². The van der Waals surface area contributed by atoms with Gasteiger partial charge in [-0.3, -0.25) is 4.68 Å². The Kier molecular flexibility index (Phi) is 2.18. The Hall–Kier alpha value is -1.86. The summed E-state index contributed by atoms with van der Waals surface area (Å²) in [6, 6.07) is 5.79. The molecule has 0 spiro atoms. The van der Waals surface area contributed by atoms with Crippen molar-refractivity contribution in [3.63, 3.8) is 0 Å². The Balaban J connectivity index is 2.79. The van der Waals surface area contributed by atoms with E-state index in [-0.39, 0.29) is 6.04 Å². The van der Waals surface area contributed by atoms with Crippen LogP contribution in [-0.2, 0) is 7.05 Å². The third-order valence-corrected chi connectivity index (χ3v) is 2.53. The summed E-state index contributed by atoms with van der Waals surface area (Å²) >= 11 is 0. The molecule has 2 rings (SSSR count). The number of aromatic nitrogens is 2. The number of nitriles is 1. The molecule has 0 saturated heterocycles. The predicted octanol–water partition coefficient (Wildman–Crippen LogP) is 1.46. The lowest BCUT2D eigenvalue weighted by Gasteiger charge is -2.08. The highest BCUT2D eigenvalue weighted by molar-refractivity contribution is 5.81. The molecule has 0 bridgehead atoms. The first-order valence-electron chi connectivity index (χ1n) is 4.75. The van der Waals surface area contributed by atoms with Crippen LogP contribution in [0.3, 0.4) is 0 Å². The lowest BCUT2D eigenvalue weighted by Crippen LogP contribution is -2.07. The number of fused-ring (bicyclic) bond motifs is 1. The van der Waals surface area contributed by atoms with E-state index in [9.17, 15) is 0 Å². The van der Waals surface area contributed by atoms with Crippen LogP contribution in [0.5, 0.6) is 0 Å². The largest absolute Gasteiger partial charge is 0.324 e. The van der Waals surface area contributed by atoms with Crippen LogP contribution in [0.15, 0.2) is 18.3 Å². The van der Waals surface area contributed by atoms with Gasteiger partial charge in [-0.05, 0) is 24.6 Å². The standard InChI is InChI=1S/C11H12N4/c1-7(13)10-4-11-9(3-8(10)5-12)6-14-15(11)2/h3-4,6-7H,13H2,1-2H3. The maximum absolute atomic E-state index is 9.00. The molecule has 2 aromatic rings. The summed E-state index contributed by atoms with van der Waals surface area (Å²) in [5.41, 5.74) is 8.32. The molecule has 1 aromatic heterocycles. The Morgan fingerprint density at radius 2 is 2.27 bits per heavy atom. The fourth-order valence-electron chi connectivity index (χ4n) is 1.69. The average Bonchev–Trinajstić information content (AvgIpc) is 2.58. The Morgan fingerprint density at radius 1 is 1.53 bits per heavy atom. The first-order valence-corrected chi connectivity index (χ1v) is 4.75. The molecule has 0 aliphatic heterocycles.